The number of methoxy groups -OCH3 is 1. The minimum atomic E-state index is -1.00. The van der Waals surface area contributed by atoms with E-state index in [1.165, 1.54) is 12.1 Å². The Morgan fingerprint density at radius 2 is 1.48 bits per heavy atom. The molecule has 1 atom stereocenters. The fraction of sp³-hybridized carbons (Fsp3) is 0.0909. The lowest BCUT2D eigenvalue weighted by molar-refractivity contribution is 0.0696. The van der Waals surface area contributed by atoms with Gasteiger partial charge in [0.2, 0.25) is 0 Å². The third-order valence-corrected chi connectivity index (χ3v) is 4.21. The zero-order valence-corrected chi connectivity index (χ0v) is 14.8. The summed E-state index contributed by atoms with van der Waals surface area (Å²) in [6, 6.07) is 21.9. The molecule has 0 radical (unpaired) electrons. The third-order valence-electron chi connectivity index (χ3n) is 4.21. The fourth-order valence-electron chi connectivity index (χ4n) is 2.74. The standard InChI is InChI=1S/C22H19NO4/c1-27-19-13-11-18(12-14-19)23-20(21(24)16-5-3-2-4-6-16)15-7-9-17(10-8-15)22(25)26/h2-14,20,23H,1H3,(H,25,26)/t20-/m0/s1. The fourth-order valence-corrected chi connectivity index (χ4v) is 2.74. The van der Waals surface area contributed by atoms with Crippen molar-refractivity contribution in [2.45, 2.75) is 6.04 Å². The van der Waals surface area contributed by atoms with Gasteiger partial charge in [0.25, 0.3) is 0 Å². The van der Waals surface area contributed by atoms with Crippen molar-refractivity contribution in [2.75, 3.05) is 12.4 Å². The number of benzene rings is 3. The topological polar surface area (TPSA) is 75.6 Å². The summed E-state index contributed by atoms with van der Waals surface area (Å²) in [4.78, 5) is 24.2. The van der Waals surface area contributed by atoms with Crippen LogP contribution in [-0.4, -0.2) is 24.0 Å². The van der Waals surface area contributed by atoms with Gasteiger partial charge in [-0.3, -0.25) is 4.79 Å². The average molecular weight is 361 g/mol. The molecule has 2 N–H and O–H groups in total. The highest BCUT2D eigenvalue weighted by molar-refractivity contribution is 6.02. The molecule has 3 aromatic rings. The van der Waals surface area contributed by atoms with Crippen molar-refractivity contribution < 1.29 is 19.4 Å². The maximum Gasteiger partial charge on any atom is 0.335 e. The molecule has 3 rings (SSSR count). The Hall–Kier alpha value is -3.60. The smallest absolute Gasteiger partial charge is 0.335 e. The number of rotatable bonds is 7. The van der Waals surface area contributed by atoms with Crippen LogP contribution >= 0.6 is 0 Å². The maximum atomic E-state index is 13.1. The van der Waals surface area contributed by atoms with Crippen molar-refractivity contribution in [1.29, 1.82) is 0 Å². The molecule has 0 heterocycles. The van der Waals surface area contributed by atoms with Gasteiger partial charge in [-0.1, -0.05) is 42.5 Å². The van der Waals surface area contributed by atoms with Crippen LogP contribution in [0.1, 0.15) is 32.3 Å². The van der Waals surface area contributed by atoms with E-state index in [2.05, 4.69) is 5.32 Å². The number of carboxylic acids is 1. The van der Waals surface area contributed by atoms with Gasteiger partial charge in [-0.25, -0.2) is 4.79 Å². The number of aromatic carboxylic acids is 1. The molecule has 3 aromatic carbocycles. The minimum Gasteiger partial charge on any atom is -0.497 e. The molecule has 0 unspecified atom stereocenters. The quantitative estimate of drug-likeness (QED) is 0.609. The molecule has 0 saturated carbocycles. The summed E-state index contributed by atoms with van der Waals surface area (Å²) in [5, 5.41) is 12.3. The van der Waals surface area contributed by atoms with Gasteiger partial charge in [-0.2, -0.15) is 0 Å². The molecule has 5 nitrogen and oxygen atoms in total. The number of Topliss-reactive ketones (excluding diaryl/α,β-unsaturated/α-hetero) is 1. The molecule has 0 fully saturated rings. The van der Waals surface area contributed by atoms with Crippen LogP contribution in [0.2, 0.25) is 0 Å². The summed E-state index contributed by atoms with van der Waals surface area (Å²) < 4.78 is 5.16. The highest BCUT2D eigenvalue weighted by Gasteiger charge is 2.22. The lowest BCUT2D eigenvalue weighted by Crippen LogP contribution is -2.21. The Morgan fingerprint density at radius 3 is 2.04 bits per heavy atom. The van der Waals surface area contributed by atoms with E-state index in [0.29, 0.717) is 11.1 Å². The SMILES string of the molecule is COc1ccc(N[C@H](C(=O)c2ccccc2)c2ccc(C(=O)O)cc2)cc1. The van der Waals surface area contributed by atoms with Crippen molar-refractivity contribution in [2.24, 2.45) is 0 Å². The summed E-state index contributed by atoms with van der Waals surface area (Å²) in [6.07, 6.45) is 0. The van der Waals surface area contributed by atoms with Crippen LogP contribution in [0.3, 0.4) is 0 Å². The Bertz CT molecular complexity index is 919. The van der Waals surface area contributed by atoms with Gasteiger partial charge in [0, 0.05) is 11.3 Å². The van der Waals surface area contributed by atoms with Crippen LogP contribution in [0.4, 0.5) is 5.69 Å². The van der Waals surface area contributed by atoms with Crippen LogP contribution in [0.15, 0.2) is 78.9 Å². The first-order valence-electron chi connectivity index (χ1n) is 8.41. The molecule has 0 spiro atoms. The predicted octanol–water partition coefficient (Wildman–Crippen LogP) is 4.43. The summed E-state index contributed by atoms with van der Waals surface area (Å²) in [5.41, 5.74) is 2.19. The van der Waals surface area contributed by atoms with Crippen LogP contribution in [0.25, 0.3) is 0 Å². The second-order valence-corrected chi connectivity index (χ2v) is 5.96. The van der Waals surface area contributed by atoms with E-state index in [-0.39, 0.29) is 11.3 Å². The zero-order valence-electron chi connectivity index (χ0n) is 14.8. The molecule has 0 aliphatic carbocycles. The zero-order chi connectivity index (χ0) is 19.2. The summed E-state index contributed by atoms with van der Waals surface area (Å²) in [6.45, 7) is 0. The summed E-state index contributed by atoms with van der Waals surface area (Å²) >= 11 is 0. The Kier molecular flexibility index (Phi) is 5.52. The first-order valence-corrected chi connectivity index (χ1v) is 8.41. The first kappa shape index (κ1) is 18.2. The van der Waals surface area contributed by atoms with Crippen LogP contribution in [0, 0.1) is 0 Å². The second-order valence-electron chi connectivity index (χ2n) is 5.96. The highest BCUT2D eigenvalue weighted by atomic mass is 16.5. The van der Waals surface area contributed by atoms with Crippen molar-refractivity contribution in [3.8, 4) is 5.75 Å². The Labute approximate surface area is 157 Å². The molecule has 0 bridgehead atoms. The van der Waals surface area contributed by atoms with Crippen molar-refractivity contribution in [3.05, 3.63) is 95.6 Å². The highest BCUT2D eigenvalue weighted by Crippen LogP contribution is 2.25. The van der Waals surface area contributed by atoms with Crippen LogP contribution < -0.4 is 10.1 Å². The third kappa shape index (κ3) is 4.33. The number of carboxylic acid groups (broad SMARTS) is 1. The van der Waals surface area contributed by atoms with E-state index >= 15 is 0 Å². The summed E-state index contributed by atoms with van der Waals surface area (Å²) in [7, 11) is 1.59. The van der Waals surface area contributed by atoms with Crippen molar-refractivity contribution in [3.63, 3.8) is 0 Å². The van der Waals surface area contributed by atoms with Crippen LogP contribution in [-0.2, 0) is 0 Å². The normalized spacial score (nSPS) is 11.4. The average Bonchev–Trinajstić information content (AvgIpc) is 2.72. The van der Waals surface area contributed by atoms with Gasteiger partial charge in [-0.05, 0) is 42.0 Å². The van der Waals surface area contributed by atoms with Gasteiger partial charge in [0.15, 0.2) is 5.78 Å². The monoisotopic (exact) mass is 361 g/mol. The molecular weight excluding hydrogens is 342 g/mol. The largest absolute Gasteiger partial charge is 0.497 e. The van der Waals surface area contributed by atoms with E-state index in [1.54, 1.807) is 43.5 Å². The van der Waals surface area contributed by atoms with Gasteiger partial charge in [0.05, 0.1) is 12.7 Å². The summed E-state index contributed by atoms with van der Waals surface area (Å²) in [5.74, 6) is -0.387. The molecular formula is C22H19NO4. The van der Waals surface area contributed by atoms with Gasteiger partial charge in [0.1, 0.15) is 11.8 Å². The number of carbonyl (C=O) groups excluding carboxylic acids is 1. The van der Waals surface area contributed by atoms with E-state index in [4.69, 9.17) is 9.84 Å². The van der Waals surface area contributed by atoms with E-state index in [1.807, 2.05) is 30.3 Å². The Balaban J connectivity index is 1.94. The van der Waals surface area contributed by atoms with Gasteiger partial charge in [-0.15, -0.1) is 0 Å². The minimum absolute atomic E-state index is 0.102. The molecule has 0 amide bonds. The molecule has 136 valence electrons. The van der Waals surface area contributed by atoms with Crippen molar-refractivity contribution >= 4 is 17.4 Å². The molecule has 0 aromatic heterocycles. The van der Waals surface area contributed by atoms with E-state index in [9.17, 15) is 9.59 Å². The van der Waals surface area contributed by atoms with E-state index < -0.39 is 12.0 Å². The molecule has 27 heavy (non-hydrogen) atoms. The van der Waals surface area contributed by atoms with Crippen LogP contribution in [0.5, 0.6) is 5.75 Å². The predicted molar refractivity (Wildman–Crippen MR) is 104 cm³/mol. The lowest BCUT2D eigenvalue weighted by atomic mass is 9.96. The molecule has 0 aliphatic heterocycles. The first-order chi connectivity index (χ1) is 13.1. The van der Waals surface area contributed by atoms with Crippen molar-refractivity contribution in [1.82, 2.24) is 0 Å². The Morgan fingerprint density at radius 1 is 0.852 bits per heavy atom. The van der Waals surface area contributed by atoms with Gasteiger partial charge < -0.3 is 15.2 Å². The molecule has 0 aliphatic rings. The van der Waals surface area contributed by atoms with E-state index in [0.717, 1.165) is 11.4 Å². The molecule has 0 saturated heterocycles. The van der Waals surface area contributed by atoms with Gasteiger partial charge >= 0.3 is 5.97 Å². The number of ketones is 1. The maximum absolute atomic E-state index is 13.1. The lowest BCUT2D eigenvalue weighted by Gasteiger charge is -2.20. The number of carbonyl (C=O) groups is 2. The number of ether oxygens (including phenoxy) is 1. The number of nitrogens with one attached hydrogen (secondary N) is 1. The second kappa shape index (κ2) is 8.19. The molecule has 5 heteroatoms. The number of anilines is 1. The number of hydrogen-bond acceptors (Lipinski definition) is 4. The number of hydrogen-bond donors (Lipinski definition) is 2.